The third-order valence-electron chi connectivity index (χ3n) is 4.91. The lowest BCUT2D eigenvalue weighted by Crippen LogP contribution is -2.28. The van der Waals surface area contributed by atoms with E-state index in [0.717, 1.165) is 23.9 Å². The Hall–Kier alpha value is -2.64. The second-order valence-corrected chi connectivity index (χ2v) is 7.27. The standard InChI is InChI=1S/C19H20ClN5O2/c1-11-4-5-27-10-17(11)25-9-15(18(21)26)19(24-25)23-14-6-12-2-3-13(20)7-16(12)22-8-14/h2-3,6-9,11,17H,4-5,10H2,1H3,(H2,21,26)(H,23,24). The summed E-state index contributed by atoms with van der Waals surface area (Å²) < 4.78 is 7.35. The summed E-state index contributed by atoms with van der Waals surface area (Å²) in [6.07, 6.45) is 4.32. The average molecular weight is 386 g/mol. The van der Waals surface area contributed by atoms with E-state index in [9.17, 15) is 4.79 Å². The summed E-state index contributed by atoms with van der Waals surface area (Å²) in [4.78, 5) is 16.3. The molecule has 8 heteroatoms. The molecule has 27 heavy (non-hydrogen) atoms. The van der Waals surface area contributed by atoms with Gasteiger partial charge in [0.25, 0.3) is 5.91 Å². The van der Waals surface area contributed by atoms with Gasteiger partial charge in [-0.1, -0.05) is 24.6 Å². The van der Waals surface area contributed by atoms with Crippen LogP contribution in [0, 0.1) is 5.92 Å². The van der Waals surface area contributed by atoms with Crippen LogP contribution in [0.25, 0.3) is 10.9 Å². The summed E-state index contributed by atoms with van der Waals surface area (Å²) in [5, 5.41) is 9.30. The fraction of sp³-hybridized carbons (Fsp3) is 0.316. The quantitative estimate of drug-likeness (QED) is 0.716. The van der Waals surface area contributed by atoms with Gasteiger partial charge in [0.2, 0.25) is 0 Å². The number of primary amides is 1. The van der Waals surface area contributed by atoms with E-state index in [1.807, 2.05) is 18.2 Å². The first-order valence-corrected chi connectivity index (χ1v) is 9.18. The molecule has 1 aliphatic rings. The summed E-state index contributed by atoms with van der Waals surface area (Å²) in [7, 11) is 0. The fourth-order valence-corrected chi connectivity index (χ4v) is 3.47. The highest BCUT2D eigenvalue weighted by Gasteiger charge is 2.26. The predicted molar refractivity (Wildman–Crippen MR) is 104 cm³/mol. The molecule has 2 aromatic heterocycles. The van der Waals surface area contributed by atoms with Gasteiger partial charge in [-0.3, -0.25) is 14.5 Å². The zero-order valence-corrected chi connectivity index (χ0v) is 15.6. The Morgan fingerprint density at radius 3 is 3.04 bits per heavy atom. The Balaban J connectivity index is 1.66. The van der Waals surface area contributed by atoms with Crippen molar-refractivity contribution >= 4 is 39.9 Å². The van der Waals surface area contributed by atoms with Crippen LogP contribution in [0.5, 0.6) is 0 Å². The molecule has 1 aliphatic heterocycles. The summed E-state index contributed by atoms with van der Waals surface area (Å²) in [5.74, 6) is 0.281. The van der Waals surface area contributed by atoms with E-state index in [-0.39, 0.29) is 6.04 Å². The molecule has 0 radical (unpaired) electrons. The molecule has 7 nitrogen and oxygen atoms in total. The third kappa shape index (κ3) is 3.61. The van der Waals surface area contributed by atoms with Crippen molar-refractivity contribution in [2.45, 2.75) is 19.4 Å². The minimum absolute atomic E-state index is 0.0734. The van der Waals surface area contributed by atoms with Crippen LogP contribution < -0.4 is 11.1 Å². The molecule has 3 heterocycles. The van der Waals surface area contributed by atoms with Crippen LogP contribution in [0.15, 0.2) is 36.7 Å². The van der Waals surface area contributed by atoms with E-state index in [1.54, 1.807) is 23.1 Å². The first-order valence-electron chi connectivity index (χ1n) is 8.80. The molecule has 1 aromatic carbocycles. The number of nitrogens with zero attached hydrogens (tertiary/aromatic N) is 3. The van der Waals surface area contributed by atoms with Gasteiger partial charge in [0.05, 0.1) is 30.0 Å². The van der Waals surface area contributed by atoms with E-state index in [0.29, 0.717) is 34.6 Å². The van der Waals surface area contributed by atoms with E-state index >= 15 is 0 Å². The monoisotopic (exact) mass is 385 g/mol. The molecule has 1 amide bonds. The Bertz CT molecular complexity index is 1000. The molecular formula is C19H20ClN5O2. The van der Waals surface area contributed by atoms with E-state index in [4.69, 9.17) is 22.1 Å². The van der Waals surface area contributed by atoms with E-state index in [1.165, 1.54) is 0 Å². The number of amides is 1. The van der Waals surface area contributed by atoms with Gasteiger partial charge in [0.15, 0.2) is 5.82 Å². The number of fused-ring (bicyclic) bond motifs is 1. The number of halogens is 1. The van der Waals surface area contributed by atoms with Crippen LogP contribution in [0.4, 0.5) is 11.5 Å². The van der Waals surface area contributed by atoms with Gasteiger partial charge in [-0.05, 0) is 30.5 Å². The molecule has 0 saturated carbocycles. The summed E-state index contributed by atoms with van der Waals surface area (Å²) in [6, 6.07) is 7.50. The number of hydrogen-bond donors (Lipinski definition) is 2. The van der Waals surface area contributed by atoms with Crippen molar-refractivity contribution in [3.05, 3.63) is 47.2 Å². The third-order valence-corrected chi connectivity index (χ3v) is 5.14. The van der Waals surface area contributed by atoms with Crippen LogP contribution in [-0.2, 0) is 4.74 Å². The van der Waals surface area contributed by atoms with Gasteiger partial charge >= 0.3 is 0 Å². The molecule has 1 fully saturated rings. The molecule has 3 N–H and O–H groups in total. The number of benzene rings is 1. The minimum atomic E-state index is -0.534. The Morgan fingerprint density at radius 2 is 2.26 bits per heavy atom. The highest BCUT2D eigenvalue weighted by atomic mass is 35.5. The minimum Gasteiger partial charge on any atom is -0.379 e. The number of nitrogens with two attached hydrogens (primary N) is 1. The molecule has 0 aliphatic carbocycles. The lowest BCUT2D eigenvalue weighted by Gasteiger charge is -2.28. The largest absolute Gasteiger partial charge is 0.379 e. The Morgan fingerprint density at radius 1 is 1.41 bits per heavy atom. The van der Waals surface area contributed by atoms with Crippen molar-refractivity contribution in [3.8, 4) is 0 Å². The zero-order chi connectivity index (χ0) is 19.0. The van der Waals surface area contributed by atoms with Crippen LogP contribution >= 0.6 is 11.6 Å². The summed E-state index contributed by atoms with van der Waals surface area (Å²) in [6.45, 7) is 3.47. The maximum atomic E-state index is 11.9. The van der Waals surface area contributed by atoms with Crippen molar-refractivity contribution in [1.82, 2.24) is 14.8 Å². The highest BCUT2D eigenvalue weighted by molar-refractivity contribution is 6.31. The van der Waals surface area contributed by atoms with Gasteiger partial charge in [-0.25, -0.2) is 0 Å². The van der Waals surface area contributed by atoms with Crippen LogP contribution in [0.1, 0.15) is 29.7 Å². The van der Waals surface area contributed by atoms with E-state index < -0.39 is 5.91 Å². The number of pyridine rings is 1. The summed E-state index contributed by atoms with van der Waals surface area (Å²) in [5.41, 5.74) is 7.40. The molecular weight excluding hydrogens is 366 g/mol. The first kappa shape index (κ1) is 17.8. The molecule has 3 aromatic rings. The van der Waals surface area contributed by atoms with Crippen molar-refractivity contribution in [3.63, 3.8) is 0 Å². The number of nitrogens with one attached hydrogen (secondary N) is 1. The second-order valence-electron chi connectivity index (χ2n) is 6.83. The average Bonchev–Trinajstić information content (AvgIpc) is 3.06. The summed E-state index contributed by atoms with van der Waals surface area (Å²) >= 11 is 6.00. The molecule has 1 saturated heterocycles. The Kier molecular flexibility index (Phi) is 4.72. The maximum Gasteiger partial charge on any atom is 0.254 e. The van der Waals surface area contributed by atoms with Gasteiger partial charge in [0.1, 0.15) is 5.56 Å². The van der Waals surface area contributed by atoms with Gasteiger partial charge in [-0.2, -0.15) is 5.10 Å². The number of rotatable bonds is 4. The smallest absolute Gasteiger partial charge is 0.254 e. The van der Waals surface area contributed by atoms with E-state index in [2.05, 4.69) is 22.3 Å². The van der Waals surface area contributed by atoms with Crippen molar-refractivity contribution in [1.29, 1.82) is 0 Å². The molecule has 0 spiro atoms. The van der Waals surface area contributed by atoms with Crippen molar-refractivity contribution < 1.29 is 9.53 Å². The topological polar surface area (TPSA) is 95.1 Å². The second kappa shape index (κ2) is 7.17. The number of hydrogen-bond acceptors (Lipinski definition) is 5. The lowest BCUT2D eigenvalue weighted by molar-refractivity contribution is 0.0238. The van der Waals surface area contributed by atoms with Gasteiger partial charge < -0.3 is 15.8 Å². The normalized spacial score (nSPS) is 19.9. The van der Waals surface area contributed by atoms with Crippen LogP contribution in [0.3, 0.4) is 0 Å². The number of ether oxygens (including phenoxy) is 1. The van der Waals surface area contributed by atoms with Gasteiger partial charge in [0, 0.05) is 23.2 Å². The molecule has 140 valence electrons. The zero-order valence-electron chi connectivity index (χ0n) is 14.9. The first-order chi connectivity index (χ1) is 13.0. The highest BCUT2D eigenvalue weighted by Crippen LogP contribution is 2.29. The molecule has 2 unspecified atom stereocenters. The SMILES string of the molecule is CC1CCOCC1n1cc(C(N)=O)c(Nc2cnc3cc(Cl)ccc3c2)n1. The van der Waals surface area contributed by atoms with Crippen LogP contribution in [-0.4, -0.2) is 33.9 Å². The van der Waals surface area contributed by atoms with Crippen molar-refractivity contribution in [2.24, 2.45) is 11.7 Å². The molecule has 0 bridgehead atoms. The number of carbonyl (C=O) groups is 1. The Labute approximate surface area is 161 Å². The number of anilines is 2. The van der Waals surface area contributed by atoms with Crippen molar-refractivity contribution in [2.75, 3.05) is 18.5 Å². The molecule has 2 atom stereocenters. The predicted octanol–water partition coefficient (Wildman–Crippen LogP) is 3.52. The fourth-order valence-electron chi connectivity index (χ4n) is 3.30. The van der Waals surface area contributed by atoms with Gasteiger partial charge in [-0.15, -0.1) is 0 Å². The van der Waals surface area contributed by atoms with Crippen LogP contribution in [0.2, 0.25) is 5.02 Å². The number of aromatic nitrogens is 3. The lowest BCUT2D eigenvalue weighted by atomic mass is 9.97. The maximum absolute atomic E-state index is 11.9. The number of carbonyl (C=O) groups excluding carboxylic acids is 1. The molecule has 4 rings (SSSR count).